The lowest BCUT2D eigenvalue weighted by molar-refractivity contribution is -0.385. The third-order valence-electron chi connectivity index (χ3n) is 5.66. The number of sulfone groups is 1. The molecule has 172 valence electrons. The molecule has 0 unspecified atom stereocenters. The van der Waals surface area contributed by atoms with Gasteiger partial charge in [-0.1, -0.05) is 31.2 Å². The molecular formula is C22H28N4O5S. The number of carbonyl (C=O) groups is 1. The number of hydrogen-bond donors (Lipinski definition) is 1. The zero-order valence-corrected chi connectivity index (χ0v) is 19.1. The summed E-state index contributed by atoms with van der Waals surface area (Å²) in [6.07, 6.45) is 0.949. The number of likely N-dealkylation sites (N-methyl/N-ethyl adjacent to an activating group) is 1. The van der Waals surface area contributed by atoms with Crippen molar-refractivity contribution in [3.63, 3.8) is 0 Å². The Kier molecular flexibility index (Phi) is 7.60. The molecule has 0 atom stereocenters. The normalized spacial score (nSPS) is 15.4. The number of rotatable bonds is 8. The maximum absolute atomic E-state index is 12.7. The molecule has 2 aromatic carbocycles. The van der Waals surface area contributed by atoms with E-state index in [4.69, 9.17) is 0 Å². The second kappa shape index (κ2) is 10.2. The van der Waals surface area contributed by atoms with E-state index in [2.05, 4.69) is 22.0 Å². The summed E-state index contributed by atoms with van der Waals surface area (Å²) in [5.74, 6) is -0.565. The second-order valence-corrected chi connectivity index (χ2v) is 9.92. The van der Waals surface area contributed by atoms with Crippen LogP contribution in [0, 0.1) is 10.1 Å². The van der Waals surface area contributed by atoms with E-state index >= 15 is 0 Å². The first-order valence-corrected chi connectivity index (χ1v) is 12.4. The molecule has 1 N–H and O–H groups in total. The highest BCUT2D eigenvalue weighted by Gasteiger charge is 2.20. The van der Waals surface area contributed by atoms with Gasteiger partial charge in [0.1, 0.15) is 0 Å². The lowest BCUT2D eigenvalue weighted by Crippen LogP contribution is -2.45. The predicted octanol–water partition coefficient (Wildman–Crippen LogP) is 2.07. The third-order valence-corrected chi connectivity index (χ3v) is 6.75. The summed E-state index contributed by atoms with van der Waals surface area (Å²) in [6.45, 7) is 8.26. The molecule has 1 amide bonds. The van der Waals surface area contributed by atoms with Crippen molar-refractivity contribution in [1.82, 2.24) is 15.1 Å². The number of amides is 1. The first-order chi connectivity index (χ1) is 15.2. The fraction of sp³-hybridized carbons (Fsp3) is 0.409. The Balaban J connectivity index is 1.72. The first kappa shape index (κ1) is 23.8. The van der Waals surface area contributed by atoms with E-state index in [9.17, 15) is 23.3 Å². The number of nitro benzene ring substituents is 1. The molecule has 0 aromatic heterocycles. The number of benzene rings is 2. The standard InChI is InChI=1S/C22H28N4O5S/c1-3-24-8-10-25(11-9-24)16-18-7-5-4-6-17(18)15-23-22(27)19-12-20(26(28)29)14-21(13-19)32(2,30)31/h4-7,12-14H,3,8-11,15-16H2,1-2H3,(H,23,27). The van der Waals surface area contributed by atoms with Crippen LogP contribution in [-0.4, -0.2) is 68.0 Å². The van der Waals surface area contributed by atoms with E-state index in [1.54, 1.807) is 0 Å². The summed E-state index contributed by atoms with van der Waals surface area (Å²) >= 11 is 0. The fourth-order valence-corrected chi connectivity index (χ4v) is 4.38. The quantitative estimate of drug-likeness (QED) is 0.474. The van der Waals surface area contributed by atoms with E-state index in [-0.39, 0.29) is 17.0 Å². The lowest BCUT2D eigenvalue weighted by Gasteiger charge is -2.34. The monoisotopic (exact) mass is 460 g/mol. The average Bonchev–Trinajstić information content (AvgIpc) is 2.78. The van der Waals surface area contributed by atoms with Gasteiger partial charge in [-0.05, 0) is 23.7 Å². The van der Waals surface area contributed by atoms with E-state index in [0.29, 0.717) is 0 Å². The molecule has 32 heavy (non-hydrogen) atoms. The van der Waals surface area contributed by atoms with Gasteiger partial charge in [-0.15, -0.1) is 0 Å². The van der Waals surface area contributed by atoms with Crippen molar-refractivity contribution in [2.24, 2.45) is 0 Å². The summed E-state index contributed by atoms with van der Waals surface area (Å²) in [7, 11) is -3.70. The number of nitrogens with zero attached hydrogens (tertiary/aromatic N) is 3. The van der Waals surface area contributed by atoms with Crippen molar-refractivity contribution in [3.05, 3.63) is 69.3 Å². The molecule has 0 aliphatic carbocycles. The van der Waals surface area contributed by atoms with Crippen molar-refractivity contribution in [2.75, 3.05) is 39.0 Å². The van der Waals surface area contributed by atoms with Gasteiger partial charge in [-0.2, -0.15) is 0 Å². The van der Waals surface area contributed by atoms with Crippen LogP contribution in [0.1, 0.15) is 28.4 Å². The zero-order valence-electron chi connectivity index (χ0n) is 18.3. The van der Waals surface area contributed by atoms with Gasteiger partial charge in [-0.3, -0.25) is 19.8 Å². The molecule has 3 rings (SSSR count). The number of piperazine rings is 1. The molecule has 0 saturated carbocycles. The molecule has 0 spiro atoms. The summed E-state index contributed by atoms with van der Waals surface area (Å²) in [5.41, 5.74) is 1.55. The number of nitrogens with one attached hydrogen (secondary N) is 1. The van der Waals surface area contributed by atoms with Gasteiger partial charge >= 0.3 is 0 Å². The predicted molar refractivity (Wildman–Crippen MR) is 121 cm³/mol. The Morgan fingerprint density at radius 1 is 1.06 bits per heavy atom. The highest BCUT2D eigenvalue weighted by Crippen LogP contribution is 2.21. The number of hydrogen-bond acceptors (Lipinski definition) is 7. The molecule has 9 nitrogen and oxygen atoms in total. The van der Waals surface area contributed by atoms with Crippen LogP contribution in [0.25, 0.3) is 0 Å². The highest BCUT2D eigenvalue weighted by molar-refractivity contribution is 7.90. The minimum atomic E-state index is -3.70. The van der Waals surface area contributed by atoms with Gasteiger partial charge in [-0.25, -0.2) is 8.42 Å². The highest BCUT2D eigenvalue weighted by atomic mass is 32.2. The second-order valence-electron chi connectivity index (χ2n) is 7.91. The Bertz CT molecular complexity index is 1100. The minimum Gasteiger partial charge on any atom is -0.348 e. The van der Waals surface area contributed by atoms with Crippen LogP contribution >= 0.6 is 0 Å². The fourth-order valence-electron chi connectivity index (χ4n) is 3.70. The molecule has 10 heteroatoms. The maximum atomic E-state index is 12.7. The SMILES string of the molecule is CCN1CCN(Cc2ccccc2CNC(=O)c2cc([N+](=O)[O-])cc(S(C)(=O)=O)c2)CC1. The van der Waals surface area contributed by atoms with Gasteiger partial charge in [0, 0.05) is 63.2 Å². The Morgan fingerprint density at radius 2 is 1.69 bits per heavy atom. The molecule has 1 aliphatic heterocycles. The van der Waals surface area contributed by atoms with Gasteiger partial charge in [0.05, 0.1) is 9.82 Å². The van der Waals surface area contributed by atoms with E-state index in [1.807, 2.05) is 24.3 Å². The average molecular weight is 461 g/mol. The van der Waals surface area contributed by atoms with Gasteiger partial charge in [0.2, 0.25) is 0 Å². The number of carbonyl (C=O) groups excluding carboxylic acids is 1. The number of nitro groups is 1. The van der Waals surface area contributed by atoms with E-state index < -0.39 is 26.4 Å². The summed E-state index contributed by atoms with van der Waals surface area (Å²) < 4.78 is 23.7. The maximum Gasteiger partial charge on any atom is 0.271 e. The summed E-state index contributed by atoms with van der Waals surface area (Å²) in [5, 5.41) is 13.9. The molecule has 0 bridgehead atoms. The van der Waals surface area contributed by atoms with Crippen LogP contribution in [0.2, 0.25) is 0 Å². The molecule has 1 saturated heterocycles. The van der Waals surface area contributed by atoms with Crippen molar-refractivity contribution >= 4 is 21.4 Å². The van der Waals surface area contributed by atoms with Crippen molar-refractivity contribution in [1.29, 1.82) is 0 Å². The van der Waals surface area contributed by atoms with Gasteiger partial charge in [0.15, 0.2) is 9.84 Å². The molecular weight excluding hydrogens is 432 g/mol. The van der Waals surface area contributed by atoms with Crippen LogP contribution in [-0.2, 0) is 22.9 Å². The number of non-ortho nitro benzene ring substituents is 1. The summed E-state index contributed by atoms with van der Waals surface area (Å²) in [4.78, 5) is 27.7. The van der Waals surface area contributed by atoms with Crippen LogP contribution < -0.4 is 5.32 Å². The minimum absolute atomic E-state index is 0.0622. The van der Waals surface area contributed by atoms with Crippen LogP contribution in [0.4, 0.5) is 5.69 Å². The lowest BCUT2D eigenvalue weighted by atomic mass is 10.1. The topological polar surface area (TPSA) is 113 Å². The Morgan fingerprint density at radius 3 is 2.28 bits per heavy atom. The smallest absolute Gasteiger partial charge is 0.271 e. The third kappa shape index (κ3) is 6.12. The molecule has 1 fully saturated rings. The molecule has 1 heterocycles. The van der Waals surface area contributed by atoms with Crippen LogP contribution in [0.3, 0.4) is 0 Å². The molecule has 2 aromatic rings. The van der Waals surface area contributed by atoms with E-state index in [1.165, 1.54) is 0 Å². The first-order valence-electron chi connectivity index (χ1n) is 10.5. The molecule has 0 radical (unpaired) electrons. The van der Waals surface area contributed by atoms with Gasteiger partial charge in [0.25, 0.3) is 11.6 Å². The molecule has 1 aliphatic rings. The Labute approximate surface area is 188 Å². The van der Waals surface area contributed by atoms with Crippen LogP contribution in [0.15, 0.2) is 47.4 Å². The summed E-state index contributed by atoms with van der Waals surface area (Å²) in [6, 6.07) is 11.0. The van der Waals surface area contributed by atoms with E-state index in [0.717, 1.165) is 74.9 Å². The largest absolute Gasteiger partial charge is 0.348 e. The van der Waals surface area contributed by atoms with Crippen molar-refractivity contribution < 1.29 is 18.1 Å². The van der Waals surface area contributed by atoms with Crippen LogP contribution in [0.5, 0.6) is 0 Å². The Hall–Kier alpha value is -2.82. The zero-order chi connectivity index (χ0) is 23.3. The van der Waals surface area contributed by atoms with Gasteiger partial charge < -0.3 is 10.2 Å². The van der Waals surface area contributed by atoms with Crippen molar-refractivity contribution in [2.45, 2.75) is 24.9 Å². The van der Waals surface area contributed by atoms with Crippen molar-refractivity contribution in [3.8, 4) is 0 Å².